The van der Waals surface area contributed by atoms with E-state index in [0.717, 1.165) is 0 Å². The fourth-order valence-corrected chi connectivity index (χ4v) is 7.94. The quantitative estimate of drug-likeness (QED) is 0.463. The topological polar surface area (TPSA) is 104 Å². The van der Waals surface area contributed by atoms with Crippen molar-refractivity contribution >= 4 is 11.8 Å². The van der Waals surface area contributed by atoms with E-state index in [1.54, 1.807) is 0 Å². The summed E-state index contributed by atoms with van der Waals surface area (Å²) in [5, 5.41) is 33.7. The van der Waals surface area contributed by atoms with Crippen LogP contribution in [-0.2, 0) is 14.3 Å². The zero-order chi connectivity index (χ0) is 20.8. The first kappa shape index (κ1) is 20.0. The van der Waals surface area contributed by atoms with Crippen LogP contribution in [0.2, 0.25) is 0 Å². The van der Waals surface area contributed by atoms with Gasteiger partial charge in [0.25, 0.3) is 0 Å². The largest absolute Gasteiger partial charge is 0.462 e. The van der Waals surface area contributed by atoms with Gasteiger partial charge in [-0.1, -0.05) is 27.4 Å². The third-order valence-corrected chi connectivity index (χ3v) is 8.75. The van der Waals surface area contributed by atoms with E-state index in [1.165, 1.54) is 6.92 Å². The molecule has 3 N–H and O–H groups in total. The Morgan fingerprint density at radius 2 is 1.71 bits per heavy atom. The molecule has 0 amide bonds. The maximum Gasteiger partial charge on any atom is 0.302 e. The number of esters is 1. The summed E-state index contributed by atoms with van der Waals surface area (Å²) < 4.78 is 5.53. The van der Waals surface area contributed by atoms with Gasteiger partial charge in [0.1, 0.15) is 6.10 Å². The van der Waals surface area contributed by atoms with Crippen LogP contribution in [0, 0.1) is 34.0 Å². The molecule has 4 rings (SSSR count). The minimum absolute atomic E-state index is 0.0476. The van der Waals surface area contributed by atoms with Gasteiger partial charge in [0.2, 0.25) is 0 Å². The van der Waals surface area contributed by atoms with Gasteiger partial charge in [-0.05, 0) is 30.8 Å². The van der Waals surface area contributed by atoms with Gasteiger partial charge in [0.15, 0.2) is 5.78 Å². The zero-order valence-electron chi connectivity index (χ0n) is 17.1. The van der Waals surface area contributed by atoms with Crippen LogP contribution in [-0.4, -0.2) is 51.5 Å². The number of rotatable bonds is 1. The Morgan fingerprint density at radius 1 is 1.07 bits per heavy atom. The average molecular weight is 392 g/mol. The van der Waals surface area contributed by atoms with Crippen molar-refractivity contribution in [3.05, 3.63) is 12.2 Å². The minimum Gasteiger partial charge on any atom is -0.462 e. The van der Waals surface area contributed by atoms with E-state index in [2.05, 4.69) is 6.58 Å². The Kier molecular flexibility index (Phi) is 4.22. The summed E-state index contributed by atoms with van der Waals surface area (Å²) in [6.07, 6.45) is -1.48. The molecular weight excluding hydrogens is 360 g/mol. The molecule has 0 aliphatic heterocycles. The van der Waals surface area contributed by atoms with Gasteiger partial charge in [-0.25, -0.2) is 0 Å². The Balaban J connectivity index is 1.85. The van der Waals surface area contributed by atoms with Crippen molar-refractivity contribution in [1.29, 1.82) is 0 Å². The monoisotopic (exact) mass is 392 g/mol. The molecule has 6 heteroatoms. The molecule has 4 fully saturated rings. The van der Waals surface area contributed by atoms with Gasteiger partial charge in [0, 0.05) is 41.4 Å². The van der Waals surface area contributed by atoms with E-state index >= 15 is 0 Å². The smallest absolute Gasteiger partial charge is 0.302 e. The summed E-state index contributed by atoms with van der Waals surface area (Å²) in [5.41, 5.74) is -1.80. The molecule has 0 saturated heterocycles. The number of aliphatic hydroxyl groups is 3. The number of allylic oxidation sites excluding steroid dienone is 1. The SMILES string of the molecule is C=C1C(=O)C23CC1CC(O)C2C1(C)C(O)CC(OC(C)=O)C(C)(C)C1C(O)C3. The lowest BCUT2D eigenvalue weighted by Gasteiger charge is -2.67. The van der Waals surface area contributed by atoms with Gasteiger partial charge >= 0.3 is 5.97 Å². The van der Waals surface area contributed by atoms with E-state index in [1.807, 2.05) is 20.8 Å². The maximum atomic E-state index is 13.3. The number of carbonyl (C=O) groups is 2. The molecule has 0 aromatic carbocycles. The molecule has 4 aliphatic rings. The Morgan fingerprint density at radius 3 is 2.32 bits per heavy atom. The van der Waals surface area contributed by atoms with Gasteiger partial charge in [-0.15, -0.1) is 0 Å². The van der Waals surface area contributed by atoms with Crippen molar-refractivity contribution in [2.45, 2.75) is 77.8 Å². The highest BCUT2D eigenvalue weighted by Gasteiger charge is 2.74. The molecular formula is C22H32O6. The van der Waals surface area contributed by atoms with Gasteiger partial charge in [0.05, 0.1) is 18.3 Å². The second kappa shape index (κ2) is 5.89. The normalized spacial score (nSPS) is 52.0. The molecule has 9 unspecified atom stereocenters. The van der Waals surface area contributed by atoms with E-state index in [-0.39, 0.29) is 24.5 Å². The van der Waals surface area contributed by atoms with Crippen molar-refractivity contribution in [1.82, 2.24) is 0 Å². The Hall–Kier alpha value is -1.24. The molecule has 0 heterocycles. The summed E-state index contributed by atoms with van der Waals surface area (Å²) in [7, 11) is 0. The van der Waals surface area contributed by atoms with Crippen LogP contribution in [0.4, 0.5) is 0 Å². The number of ether oxygens (including phenoxy) is 1. The number of aliphatic hydroxyl groups excluding tert-OH is 3. The van der Waals surface area contributed by atoms with E-state index in [0.29, 0.717) is 18.4 Å². The van der Waals surface area contributed by atoms with Crippen LogP contribution in [0.5, 0.6) is 0 Å². The number of hydrogen-bond acceptors (Lipinski definition) is 6. The van der Waals surface area contributed by atoms with E-state index in [9.17, 15) is 24.9 Å². The van der Waals surface area contributed by atoms with Crippen molar-refractivity contribution in [2.75, 3.05) is 0 Å². The number of Topliss-reactive ketones (excluding diaryl/α,β-unsaturated/α-hetero) is 1. The average Bonchev–Trinajstić information content (AvgIpc) is 2.73. The first-order chi connectivity index (χ1) is 12.9. The van der Waals surface area contributed by atoms with Gasteiger partial charge in [-0.2, -0.15) is 0 Å². The minimum atomic E-state index is -0.903. The second-order valence-electron chi connectivity index (χ2n) is 10.5. The maximum absolute atomic E-state index is 13.3. The second-order valence-corrected chi connectivity index (χ2v) is 10.5. The van der Waals surface area contributed by atoms with Crippen molar-refractivity contribution < 1.29 is 29.6 Å². The van der Waals surface area contributed by atoms with Gasteiger partial charge in [-0.3, -0.25) is 9.59 Å². The van der Waals surface area contributed by atoms with Gasteiger partial charge < -0.3 is 20.1 Å². The Labute approximate surface area is 166 Å². The number of ketones is 1. The highest BCUT2D eigenvalue weighted by atomic mass is 16.5. The molecule has 9 atom stereocenters. The molecule has 6 nitrogen and oxygen atoms in total. The molecule has 4 aliphatic carbocycles. The van der Waals surface area contributed by atoms with Crippen molar-refractivity contribution in [3.63, 3.8) is 0 Å². The summed E-state index contributed by atoms with van der Waals surface area (Å²) in [6, 6.07) is 0. The fourth-order valence-electron chi connectivity index (χ4n) is 7.94. The number of hydrogen-bond donors (Lipinski definition) is 3. The molecule has 4 saturated carbocycles. The highest BCUT2D eigenvalue weighted by molar-refractivity contribution is 6.03. The molecule has 156 valence electrons. The van der Waals surface area contributed by atoms with Crippen LogP contribution < -0.4 is 0 Å². The van der Waals surface area contributed by atoms with E-state index in [4.69, 9.17) is 4.74 Å². The van der Waals surface area contributed by atoms with Crippen LogP contribution >= 0.6 is 0 Å². The lowest BCUT2D eigenvalue weighted by molar-refractivity contribution is -0.276. The third kappa shape index (κ3) is 2.25. The fraction of sp³-hybridized carbons (Fsp3) is 0.818. The predicted octanol–water partition coefficient (Wildman–Crippen LogP) is 1.61. The molecule has 28 heavy (non-hydrogen) atoms. The van der Waals surface area contributed by atoms with Crippen LogP contribution in [0.1, 0.15) is 53.4 Å². The summed E-state index contributed by atoms with van der Waals surface area (Å²) in [4.78, 5) is 24.9. The summed E-state index contributed by atoms with van der Waals surface area (Å²) >= 11 is 0. The third-order valence-electron chi connectivity index (χ3n) is 8.75. The van der Waals surface area contributed by atoms with Crippen molar-refractivity contribution in [2.24, 2.45) is 34.0 Å². The molecule has 0 aromatic rings. The van der Waals surface area contributed by atoms with Crippen LogP contribution in [0.15, 0.2) is 12.2 Å². The number of fused-ring (bicyclic) bond motifs is 3. The molecule has 0 radical (unpaired) electrons. The Bertz CT molecular complexity index is 743. The number of carbonyl (C=O) groups excluding carboxylic acids is 2. The molecule has 1 spiro atoms. The zero-order valence-corrected chi connectivity index (χ0v) is 17.1. The first-order valence-electron chi connectivity index (χ1n) is 10.3. The van der Waals surface area contributed by atoms with Crippen LogP contribution in [0.25, 0.3) is 0 Å². The van der Waals surface area contributed by atoms with Crippen molar-refractivity contribution in [3.8, 4) is 0 Å². The first-order valence-corrected chi connectivity index (χ1v) is 10.3. The standard InChI is InChI=1S/C22H32O6/c1-10-12-6-13(24)18-21(5)15(26)7-16(28-11(2)23)20(3,4)17(21)14(25)9-22(18,8-12)19(10)27/h12-18,24-26H,1,6-9H2,2-5H3. The lowest BCUT2D eigenvalue weighted by atomic mass is 9.38. The van der Waals surface area contributed by atoms with E-state index < -0.39 is 58.5 Å². The predicted molar refractivity (Wildman–Crippen MR) is 101 cm³/mol. The lowest BCUT2D eigenvalue weighted by Crippen LogP contribution is -2.71. The van der Waals surface area contributed by atoms with Crippen LogP contribution in [0.3, 0.4) is 0 Å². The molecule has 0 aromatic heterocycles. The highest BCUT2D eigenvalue weighted by Crippen LogP contribution is 2.71. The summed E-state index contributed by atoms with van der Waals surface area (Å²) in [5.74, 6) is -1.39. The molecule has 2 bridgehead atoms. The summed E-state index contributed by atoms with van der Waals surface area (Å²) in [6.45, 7) is 11.1.